The zero-order valence-corrected chi connectivity index (χ0v) is 11.8. The normalized spacial score (nSPS) is 12.5. The van der Waals surface area contributed by atoms with E-state index >= 15 is 0 Å². The van der Waals surface area contributed by atoms with Gasteiger partial charge in [-0.15, -0.1) is 0 Å². The van der Waals surface area contributed by atoms with Gasteiger partial charge in [0.1, 0.15) is 5.75 Å². The van der Waals surface area contributed by atoms with Gasteiger partial charge in [0.05, 0.1) is 7.11 Å². The van der Waals surface area contributed by atoms with Crippen molar-refractivity contribution in [1.82, 2.24) is 5.32 Å². The highest BCUT2D eigenvalue weighted by Crippen LogP contribution is 2.30. The number of nitrogens with one attached hydrogen (secondary N) is 1. The van der Waals surface area contributed by atoms with E-state index in [2.05, 4.69) is 41.2 Å². The Kier molecular flexibility index (Phi) is 5.85. The zero-order chi connectivity index (χ0) is 12.0. The second kappa shape index (κ2) is 6.92. The van der Waals surface area contributed by atoms with Gasteiger partial charge in [0.15, 0.2) is 0 Å². The van der Waals surface area contributed by atoms with E-state index in [0.717, 1.165) is 29.6 Å². The molecule has 0 saturated carbocycles. The molecule has 0 fully saturated rings. The van der Waals surface area contributed by atoms with Crippen LogP contribution < -0.4 is 10.1 Å². The van der Waals surface area contributed by atoms with Gasteiger partial charge in [-0.05, 0) is 37.6 Å². The third-order valence-corrected chi connectivity index (χ3v) is 3.11. The SMILES string of the molecule is CCCNC(CC)c1cc(Br)ccc1OC. The van der Waals surface area contributed by atoms with Gasteiger partial charge in [0.2, 0.25) is 0 Å². The molecule has 0 spiro atoms. The molecule has 1 rings (SSSR count). The summed E-state index contributed by atoms with van der Waals surface area (Å²) in [7, 11) is 1.72. The van der Waals surface area contributed by atoms with Crippen molar-refractivity contribution in [3.8, 4) is 5.75 Å². The van der Waals surface area contributed by atoms with Crippen LogP contribution in [0.1, 0.15) is 38.3 Å². The number of benzene rings is 1. The molecule has 0 aliphatic heterocycles. The standard InChI is InChI=1S/C13H20BrNO/c1-4-8-15-12(5-2)11-9-10(14)6-7-13(11)16-3/h6-7,9,12,15H,4-5,8H2,1-3H3. The van der Waals surface area contributed by atoms with Crippen LogP contribution in [0.25, 0.3) is 0 Å². The van der Waals surface area contributed by atoms with Crippen LogP contribution in [0, 0.1) is 0 Å². The van der Waals surface area contributed by atoms with Crippen LogP contribution >= 0.6 is 15.9 Å². The first-order valence-corrected chi connectivity index (χ1v) is 6.59. The van der Waals surface area contributed by atoms with Gasteiger partial charge in [0.25, 0.3) is 0 Å². The fraction of sp³-hybridized carbons (Fsp3) is 0.538. The van der Waals surface area contributed by atoms with Crippen molar-refractivity contribution in [2.45, 2.75) is 32.7 Å². The summed E-state index contributed by atoms with van der Waals surface area (Å²) < 4.78 is 6.50. The molecule has 16 heavy (non-hydrogen) atoms. The molecule has 0 aliphatic rings. The number of ether oxygens (including phenoxy) is 1. The average Bonchev–Trinajstić information content (AvgIpc) is 2.30. The first kappa shape index (κ1) is 13.5. The maximum Gasteiger partial charge on any atom is 0.123 e. The third kappa shape index (κ3) is 3.49. The van der Waals surface area contributed by atoms with E-state index in [-0.39, 0.29) is 0 Å². The van der Waals surface area contributed by atoms with Crippen molar-refractivity contribution in [2.75, 3.05) is 13.7 Å². The van der Waals surface area contributed by atoms with E-state index in [9.17, 15) is 0 Å². The predicted octanol–water partition coefficient (Wildman–Crippen LogP) is 3.91. The average molecular weight is 286 g/mol. The van der Waals surface area contributed by atoms with Crippen LogP contribution in [0.2, 0.25) is 0 Å². The minimum absolute atomic E-state index is 0.368. The lowest BCUT2D eigenvalue weighted by atomic mass is 10.0. The van der Waals surface area contributed by atoms with Gasteiger partial charge in [-0.1, -0.05) is 29.8 Å². The number of hydrogen-bond acceptors (Lipinski definition) is 2. The largest absolute Gasteiger partial charge is 0.496 e. The number of rotatable bonds is 6. The van der Waals surface area contributed by atoms with E-state index in [1.807, 2.05) is 12.1 Å². The highest BCUT2D eigenvalue weighted by atomic mass is 79.9. The Balaban J connectivity index is 2.92. The molecule has 90 valence electrons. The molecule has 2 nitrogen and oxygen atoms in total. The molecule has 0 bridgehead atoms. The minimum atomic E-state index is 0.368. The summed E-state index contributed by atoms with van der Waals surface area (Å²) in [6, 6.07) is 6.52. The molecule has 1 atom stereocenters. The van der Waals surface area contributed by atoms with E-state index < -0.39 is 0 Å². The van der Waals surface area contributed by atoms with Crippen molar-refractivity contribution < 1.29 is 4.74 Å². The quantitative estimate of drug-likeness (QED) is 0.856. The van der Waals surface area contributed by atoms with Crippen LogP contribution in [0.3, 0.4) is 0 Å². The topological polar surface area (TPSA) is 21.3 Å². The first-order valence-electron chi connectivity index (χ1n) is 5.79. The van der Waals surface area contributed by atoms with Crippen LogP contribution in [0.4, 0.5) is 0 Å². The van der Waals surface area contributed by atoms with Crippen molar-refractivity contribution in [1.29, 1.82) is 0 Å². The molecule has 1 unspecified atom stereocenters. The third-order valence-electron chi connectivity index (χ3n) is 2.62. The fourth-order valence-electron chi connectivity index (χ4n) is 1.77. The van der Waals surface area contributed by atoms with Crippen molar-refractivity contribution in [2.24, 2.45) is 0 Å². The smallest absolute Gasteiger partial charge is 0.123 e. The van der Waals surface area contributed by atoms with Crippen LogP contribution in [-0.4, -0.2) is 13.7 Å². The maximum absolute atomic E-state index is 5.40. The molecule has 0 radical (unpaired) electrons. The van der Waals surface area contributed by atoms with Gasteiger partial charge in [-0.2, -0.15) is 0 Å². The van der Waals surface area contributed by atoms with E-state index in [4.69, 9.17) is 4.74 Å². The summed E-state index contributed by atoms with van der Waals surface area (Å²) in [5.74, 6) is 0.957. The predicted molar refractivity (Wildman–Crippen MR) is 72.0 cm³/mol. The molecule has 1 aromatic rings. The molecule has 0 saturated heterocycles. The molecule has 0 aliphatic carbocycles. The lowest BCUT2D eigenvalue weighted by molar-refractivity contribution is 0.397. The Morgan fingerprint density at radius 3 is 2.69 bits per heavy atom. The Hall–Kier alpha value is -0.540. The Bertz CT molecular complexity index is 328. The summed E-state index contributed by atoms with van der Waals surface area (Å²) in [6.07, 6.45) is 2.21. The number of hydrogen-bond donors (Lipinski definition) is 1. The molecule has 0 amide bonds. The lowest BCUT2D eigenvalue weighted by Crippen LogP contribution is -2.22. The summed E-state index contributed by atoms with van der Waals surface area (Å²) in [6.45, 7) is 5.40. The maximum atomic E-state index is 5.40. The fourth-order valence-corrected chi connectivity index (χ4v) is 2.15. The van der Waals surface area contributed by atoms with Crippen LogP contribution in [-0.2, 0) is 0 Å². The molecule has 1 aromatic carbocycles. The van der Waals surface area contributed by atoms with Gasteiger partial charge in [0, 0.05) is 16.1 Å². The highest BCUT2D eigenvalue weighted by molar-refractivity contribution is 9.10. The van der Waals surface area contributed by atoms with E-state index in [1.165, 1.54) is 5.56 Å². The molecule has 3 heteroatoms. The highest BCUT2D eigenvalue weighted by Gasteiger charge is 2.13. The van der Waals surface area contributed by atoms with Crippen molar-refractivity contribution in [3.63, 3.8) is 0 Å². The number of methoxy groups -OCH3 is 1. The summed E-state index contributed by atoms with van der Waals surface area (Å²) in [5.41, 5.74) is 1.23. The molecule has 0 aromatic heterocycles. The molecule has 1 N–H and O–H groups in total. The summed E-state index contributed by atoms with van der Waals surface area (Å²) in [4.78, 5) is 0. The zero-order valence-electron chi connectivity index (χ0n) is 10.2. The number of halogens is 1. The van der Waals surface area contributed by atoms with Crippen LogP contribution in [0.5, 0.6) is 5.75 Å². The Morgan fingerprint density at radius 2 is 2.12 bits per heavy atom. The van der Waals surface area contributed by atoms with Gasteiger partial charge in [-0.25, -0.2) is 0 Å². The van der Waals surface area contributed by atoms with Crippen molar-refractivity contribution in [3.05, 3.63) is 28.2 Å². The van der Waals surface area contributed by atoms with Crippen molar-refractivity contribution >= 4 is 15.9 Å². The van der Waals surface area contributed by atoms with E-state index in [0.29, 0.717) is 6.04 Å². The van der Waals surface area contributed by atoms with E-state index in [1.54, 1.807) is 7.11 Å². The van der Waals surface area contributed by atoms with Gasteiger partial charge in [-0.3, -0.25) is 0 Å². The monoisotopic (exact) mass is 285 g/mol. The lowest BCUT2D eigenvalue weighted by Gasteiger charge is -2.20. The Morgan fingerprint density at radius 1 is 1.38 bits per heavy atom. The minimum Gasteiger partial charge on any atom is -0.496 e. The molecular weight excluding hydrogens is 266 g/mol. The first-order chi connectivity index (χ1) is 7.72. The van der Waals surface area contributed by atoms with Crippen LogP contribution in [0.15, 0.2) is 22.7 Å². The second-order valence-electron chi connectivity index (χ2n) is 3.80. The Labute approximate surface area is 107 Å². The molecular formula is C13H20BrNO. The second-order valence-corrected chi connectivity index (χ2v) is 4.72. The molecule has 0 heterocycles. The van der Waals surface area contributed by atoms with Gasteiger partial charge >= 0.3 is 0 Å². The van der Waals surface area contributed by atoms with Gasteiger partial charge < -0.3 is 10.1 Å². The summed E-state index contributed by atoms with van der Waals surface area (Å²) in [5, 5.41) is 3.54. The summed E-state index contributed by atoms with van der Waals surface area (Å²) >= 11 is 3.51.